The minimum atomic E-state index is 0.643. The zero-order valence-electron chi connectivity index (χ0n) is 11.0. The minimum Gasteiger partial charge on any atom is -0.497 e. The molecule has 0 unspecified atom stereocenters. The van der Waals surface area contributed by atoms with Gasteiger partial charge in [0.1, 0.15) is 18.1 Å². The number of hydrogen-bond acceptors (Lipinski definition) is 4. The summed E-state index contributed by atoms with van der Waals surface area (Å²) < 4.78 is 10.9. The molecule has 0 aliphatic carbocycles. The third kappa shape index (κ3) is 3.82. The van der Waals surface area contributed by atoms with E-state index in [-0.39, 0.29) is 0 Å². The molecule has 1 saturated heterocycles. The van der Waals surface area contributed by atoms with Gasteiger partial charge < -0.3 is 14.8 Å². The van der Waals surface area contributed by atoms with Crippen LogP contribution in [0, 0.1) is 0 Å². The van der Waals surface area contributed by atoms with Crippen molar-refractivity contribution in [2.75, 3.05) is 26.0 Å². The maximum absolute atomic E-state index is 5.69. The van der Waals surface area contributed by atoms with Gasteiger partial charge in [0, 0.05) is 23.9 Å². The van der Waals surface area contributed by atoms with Crippen LogP contribution in [0.3, 0.4) is 0 Å². The molecule has 1 aromatic rings. The Morgan fingerprint density at radius 2 is 2.22 bits per heavy atom. The van der Waals surface area contributed by atoms with Gasteiger partial charge in [0.25, 0.3) is 0 Å². The molecule has 0 aromatic heterocycles. The van der Waals surface area contributed by atoms with E-state index in [1.165, 1.54) is 12.2 Å². The predicted molar refractivity (Wildman–Crippen MR) is 76.8 cm³/mol. The number of hydrogen-bond donors (Lipinski definition) is 1. The van der Waals surface area contributed by atoms with Gasteiger partial charge in [-0.1, -0.05) is 13.0 Å². The third-order valence-electron chi connectivity index (χ3n) is 3.19. The summed E-state index contributed by atoms with van der Waals surface area (Å²) in [5.74, 6) is 2.97. The molecular weight excluding hydrogens is 246 g/mol. The first kappa shape index (κ1) is 13.6. The molecule has 4 heteroatoms. The van der Waals surface area contributed by atoms with Crippen molar-refractivity contribution in [2.45, 2.75) is 24.6 Å². The van der Waals surface area contributed by atoms with Gasteiger partial charge in [-0.15, -0.1) is 0 Å². The molecule has 0 amide bonds. The molecule has 1 aliphatic heterocycles. The van der Waals surface area contributed by atoms with E-state index >= 15 is 0 Å². The second-order valence-electron chi connectivity index (χ2n) is 4.45. The van der Waals surface area contributed by atoms with Crippen LogP contribution in [0.25, 0.3) is 0 Å². The molecule has 0 saturated carbocycles. The normalized spacial score (nSPS) is 23.0. The standard InChI is InChI=1S/C14H21NO2S/c1-11-14(6-9-18-11)15-7-8-17-13-5-3-4-12(10-13)16-2/h3-5,10-11,14-15H,6-9H2,1-2H3/t11-,14+/m0/s1. The van der Waals surface area contributed by atoms with Crippen molar-refractivity contribution in [3.8, 4) is 11.5 Å². The molecular formula is C14H21NO2S. The number of thioether (sulfide) groups is 1. The summed E-state index contributed by atoms with van der Waals surface area (Å²) in [6, 6.07) is 8.37. The van der Waals surface area contributed by atoms with Crippen molar-refractivity contribution in [1.29, 1.82) is 0 Å². The fourth-order valence-corrected chi connectivity index (χ4v) is 3.33. The van der Waals surface area contributed by atoms with Crippen LogP contribution in [-0.4, -0.2) is 37.3 Å². The van der Waals surface area contributed by atoms with E-state index < -0.39 is 0 Å². The lowest BCUT2D eigenvalue weighted by Crippen LogP contribution is -2.36. The van der Waals surface area contributed by atoms with E-state index in [0.29, 0.717) is 12.6 Å². The molecule has 3 nitrogen and oxygen atoms in total. The number of methoxy groups -OCH3 is 1. The average molecular weight is 267 g/mol. The number of nitrogens with one attached hydrogen (secondary N) is 1. The van der Waals surface area contributed by atoms with Gasteiger partial charge in [-0.3, -0.25) is 0 Å². The fourth-order valence-electron chi connectivity index (χ4n) is 2.10. The van der Waals surface area contributed by atoms with Gasteiger partial charge >= 0.3 is 0 Å². The molecule has 0 bridgehead atoms. The quantitative estimate of drug-likeness (QED) is 0.803. The molecule has 18 heavy (non-hydrogen) atoms. The lowest BCUT2D eigenvalue weighted by atomic mass is 10.2. The van der Waals surface area contributed by atoms with Gasteiger partial charge in [0.15, 0.2) is 0 Å². The van der Waals surface area contributed by atoms with Crippen molar-refractivity contribution in [2.24, 2.45) is 0 Å². The Hall–Kier alpha value is -0.870. The van der Waals surface area contributed by atoms with Crippen LogP contribution in [0.2, 0.25) is 0 Å². The number of benzene rings is 1. The van der Waals surface area contributed by atoms with Gasteiger partial charge in [-0.25, -0.2) is 0 Å². The summed E-state index contributed by atoms with van der Waals surface area (Å²) in [6.45, 7) is 3.88. The Bertz CT molecular complexity index is 373. The zero-order chi connectivity index (χ0) is 12.8. The molecule has 0 spiro atoms. The molecule has 1 aliphatic rings. The highest BCUT2D eigenvalue weighted by atomic mass is 32.2. The minimum absolute atomic E-state index is 0.643. The highest BCUT2D eigenvalue weighted by Crippen LogP contribution is 2.25. The van der Waals surface area contributed by atoms with E-state index in [9.17, 15) is 0 Å². The van der Waals surface area contributed by atoms with Gasteiger partial charge in [-0.05, 0) is 24.3 Å². The zero-order valence-corrected chi connectivity index (χ0v) is 11.8. The van der Waals surface area contributed by atoms with Crippen molar-refractivity contribution in [3.05, 3.63) is 24.3 Å². The van der Waals surface area contributed by atoms with Crippen molar-refractivity contribution >= 4 is 11.8 Å². The van der Waals surface area contributed by atoms with Crippen LogP contribution in [0.15, 0.2) is 24.3 Å². The summed E-state index contributed by atoms with van der Waals surface area (Å²) in [5.41, 5.74) is 0. The van der Waals surface area contributed by atoms with Gasteiger partial charge in [0.05, 0.1) is 7.11 Å². The summed E-state index contributed by atoms with van der Waals surface area (Å²) >= 11 is 2.04. The van der Waals surface area contributed by atoms with Crippen LogP contribution in [0.4, 0.5) is 0 Å². The smallest absolute Gasteiger partial charge is 0.123 e. The summed E-state index contributed by atoms with van der Waals surface area (Å²) in [6.07, 6.45) is 1.27. The van der Waals surface area contributed by atoms with Crippen LogP contribution in [0.1, 0.15) is 13.3 Å². The molecule has 2 atom stereocenters. The maximum atomic E-state index is 5.69. The van der Waals surface area contributed by atoms with Crippen LogP contribution in [-0.2, 0) is 0 Å². The summed E-state index contributed by atoms with van der Waals surface area (Å²) in [7, 11) is 1.67. The van der Waals surface area contributed by atoms with E-state index in [1.54, 1.807) is 7.11 Å². The van der Waals surface area contributed by atoms with Crippen LogP contribution in [0.5, 0.6) is 11.5 Å². The van der Waals surface area contributed by atoms with E-state index in [0.717, 1.165) is 23.3 Å². The molecule has 1 aromatic carbocycles. The van der Waals surface area contributed by atoms with Crippen molar-refractivity contribution in [3.63, 3.8) is 0 Å². The van der Waals surface area contributed by atoms with E-state index in [1.807, 2.05) is 36.0 Å². The van der Waals surface area contributed by atoms with Crippen molar-refractivity contribution in [1.82, 2.24) is 5.32 Å². The van der Waals surface area contributed by atoms with Crippen LogP contribution >= 0.6 is 11.8 Å². The SMILES string of the molecule is COc1cccc(OCCN[C@@H]2CCS[C@H]2C)c1. The Morgan fingerprint density at radius 1 is 1.39 bits per heavy atom. The number of rotatable bonds is 6. The Morgan fingerprint density at radius 3 is 2.94 bits per heavy atom. The first-order chi connectivity index (χ1) is 8.79. The molecule has 1 heterocycles. The Labute approximate surface area is 113 Å². The third-order valence-corrected chi connectivity index (χ3v) is 4.52. The summed E-state index contributed by atoms with van der Waals surface area (Å²) in [4.78, 5) is 0. The molecule has 100 valence electrons. The largest absolute Gasteiger partial charge is 0.497 e. The topological polar surface area (TPSA) is 30.5 Å². The number of ether oxygens (including phenoxy) is 2. The Kier molecular flexibility index (Phi) is 5.20. The summed E-state index contributed by atoms with van der Waals surface area (Å²) in [5, 5.41) is 4.28. The lowest BCUT2D eigenvalue weighted by molar-refractivity contribution is 0.302. The molecule has 0 radical (unpaired) electrons. The molecule has 1 N–H and O–H groups in total. The Balaban J connectivity index is 1.68. The second kappa shape index (κ2) is 6.90. The molecule has 1 fully saturated rings. The van der Waals surface area contributed by atoms with Gasteiger partial charge in [0.2, 0.25) is 0 Å². The lowest BCUT2D eigenvalue weighted by Gasteiger charge is -2.16. The highest BCUT2D eigenvalue weighted by molar-refractivity contribution is 8.00. The van der Waals surface area contributed by atoms with Crippen LogP contribution < -0.4 is 14.8 Å². The fraction of sp³-hybridized carbons (Fsp3) is 0.571. The highest BCUT2D eigenvalue weighted by Gasteiger charge is 2.22. The second-order valence-corrected chi connectivity index (χ2v) is 5.94. The monoisotopic (exact) mass is 267 g/mol. The predicted octanol–water partition coefficient (Wildman–Crippen LogP) is 2.56. The maximum Gasteiger partial charge on any atom is 0.123 e. The van der Waals surface area contributed by atoms with E-state index in [2.05, 4.69) is 12.2 Å². The molecule has 2 rings (SSSR count). The first-order valence-electron chi connectivity index (χ1n) is 6.41. The van der Waals surface area contributed by atoms with Gasteiger partial charge in [-0.2, -0.15) is 11.8 Å². The van der Waals surface area contributed by atoms with Crippen molar-refractivity contribution < 1.29 is 9.47 Å². The first-order valence-corrected chi connectivity index (χ1v) is 7.46. The van der Waals surface area contributed by atoms with E-state index in [4.69, 9.17) is 9.47 Å². The average Bonchev–Trinajstić information content (AvgIpc) is 2.81.